The van der Waals surface area contributed by atoms with E-state index in [1.54, 1.807) is 18.2 Å². The van der Waals surface area contributed by atoms with Crippen molar-refractivity contribution in [3.63, 3.8) is 0 Å². The molecule has 44 heavy (non-hydrogen) atoms. The number of phenols is 1. The van der Waals surface area contributed by atoms with E-state index in [0.29, 0.717) is 42.0 Å². The smallest absolute Gasteiger partial charge is 0.319 e. The molecular weight excluding hydrogens is 563 g/mol. The second kappa shape index (κ2) is 11.5. The normalized spacial score (nSPS) is 22.7. The Morgan fingerprint density at radius 3 is 2.57 bits per heavy atom. The maximum atomic E-state index is 16.7. The van der Waals surface area contributed by atoms with Crippen molar-refractivity contribution in [3.05, 3.63) is 54.3 Å². The minimum atomic E-state index is -0.945. The number of likely N-dealkylation sites (N-methyl/N-ethyl adjacent to an activating group) is 1. The lowest BCUT2D eigenvalue weighted by atomic mass is 9.96. The standard InChI is InChI=1S/C33H37FN6O4/c1-38-12-4-6-22(38)18-44-33-36-30-26(11-10-25(29(30)34)27-14-23(42)13-19-5-2-3-7-24(19)27)31(37-33)39-15-20-8-9-21(16-39)40(20)32(43)28(35)17-41/h2-3,5,7,10-11,13-14,20-22,28,41-42H,4,6,8-9,12,15-18,35H2,1H3/t20-,21+,22-,28-/m0/s1. The number of anilines is 1. The number of nitrogens with two attached hydrogens (primary N) is 1. The first kappa shape index (κ1) is 28.7. The van der Waals surface area contributed by atoms with Gasteiger partial charge in [-0.15, -0.1) is 0 Å². The molecule has 4 heterocycles. The molecule has 3 fully saturated rings. The number of nitrogens with zero attached hydrogens (tertiary/aromatic N) is 5. The molecule has 1 aromatic heterocycles. The lowest BCUT2D eigenvalue weighted by Crippen LogP contribution is -2.60. The van der Waals surface area contributed by atoms with Gasteiger partial charge < -0.3 is 35.4 Å². The molecule has 0 saturated carbocycles. The number of rotatable bonds is 7. The van der Waals surface area contributed by atoms with Crippen molar-refractivity contribution in [3.8, 4) is 22.9 Å². The molecule has 0 radical (unpaired) electrons. The largest absolute Gasteiger partial charge is 0.508 e. The number of hydrogen-bond acceptors (Lipinski definition) is 9. The number of ether oxygens (including phenoxy) is 1. The van der Waals surface area contributed by atoms with Gasteiger partial charge in [0.25, 0.3) is 0 Å². The lowest BCUT2D eigenvalue weighted by Gasteiger charge is -2.42. The van der Waals surface area contributed by atoms with E-state index >= 15 is 4.39 Å². The summed E-state index contributed by atoms with van der Waals surface area (Å²) in [5.41, 5.74) is 6.94. The Hall–Kier alpha value is -4.06. The van der Waals surface area contributed by atoms with Gasteiger partial charge in [0.1, 0.15) is 29.7 Å². The van der Waals surface area contributed by atoms with Crippen LogP contribution in [-0.2, 0) is 4.79 Å². The zero-order valence-electron chi connectivity index (χ0n) is 24.7. The number of aromatic nitrogens is 2. The summed E-state index contributed by atoms with van der Waals surface area (Å²) in [5, 5.41) is 22.1. The van der Waals surface area contributed by atoms with E-state index in [1.807, 2.05) is 35.2 Å². The highest BCUT2D eigenvalue weighted by molar-refractivity contribution is 6.01. The highest BCUT2D eigenvalue weighted by Crippen LogP contribution is 2.40. The first-order valence-electron chi connectivity index (χ1n) is 15.3. The molecule has 3 aliphatic heterocycles. The van der Waals surface area contributed by atoms with Gasteiger partial charge >= 0.3 is 6.01 Å². The van der Waals surface area contributed by atoms with Crippen LogP contribution in [0.25, 0.3) is 32.8 Å². The van der Waals surface area contributed by atoms with Crippen LogP contribution in [0, 0.1) is 5.82 Å². The zero-order valence-corrected chi connectivity index (χ0v) is 24.7. The van der Waals surface area contributed by atoms with Crippen molar-refractivity contribution in [2.24, 2.45) is 5.73 Å². The van der Waals surface area contributed by atoms with Gasteiger partial charge in [0.05, 0.1) is 6.61 Å². The zero-order chi connectivity index (χ0) is 30.5. The van der Waals surface area contributed by atoms with Gasteiger partial charge in [0.15, 0.2) is 5.82 Å². The van der Waals surface area contributed by atoms with E-state index in [2.05, 4.69) is 21.8 Å². The minimum absolute atomic E-state index is 0.0510. The van der Waals surface area contributed by atoms with Crippen LogP contribution in [0.3, 0.4) is 0 Å². The molecule has 11 heteroatoms. The molecule has 10 nitrogen and oxygen atoms in total. The topological polar surface area (TPSA) is 128 Å². The van der Waals surface area contributed by atoms with E-state index in [4.69, 9.17) is 15.5 Å². The van der Waals surface area contributed by atoms with E-state index in [9.17, 15) is 15.0 Å². The van der Waals surface area contributed by atoms with Gasteiger partial charge in [0, 0.05) is 42.2 Å². The number of phenolic OH excluding ortho intramolecular Hbond substituents is 1. The number of benzene rings is 3. The lowest BCUT2D eigenvalue weighted by molar-refractivity contribution is -0.136. The SMILES string of the molecule is CN1CCC[C@H]1COc1nc(N2C[C@H]3CC[C@@H](C2)N3C(=O)[C@@H](N)CO)c2ccc(-c3cc(O)cc4ccccc34)c(F)c2n1. The number of fused-ring (bicyclic) bond motifs is 4. The van der Waals surface area contributed by atoms with E-state index in [1.165, 1.54) is 0 Å². The van der Waals surface area contributed by atoms with Crippen LogP contribution in [0.2, 0.25) is 0 Å². The number of aliphatic hydroxyl groups is 1. The average molecular weight is 601 g/mol. The highest BCUT2D eigenvalue weighted by atomic mass is 19.1. The Balaban J connectivity index is 1.31. The molecule has 0 unspecified atom stereocenters. The summed E-state index contributed by atoms with van der Waals surface area (Å²) < 4.78 is 22.8. The molecule has 0 aliphatic carbocycles. The summed E-state index contributed by atoms with van der Waals surface area (Å²) in [6.45, 7) is 1.99. The fourth-order valence-corrected chi connectivity index (χ4v) is 7.22. The maximum Gasteiger partial charge on any atom is 0.319 e. The van der Waals surface area contributed by atoms with Gasteiger partial charge in [-0.25, -0.2) is 4.39 Å². The molecule has 4 atom stereocenters. The van der Waals surface area contributed by atoms with Crippen molar-refractivity contribution < 1.29 is 24.1 Å². The summed E-state index contributed by atoms with van der Waals surface area (Å²) >= 11 is 0. The van der Waals surface area contributed by atoms with Crippen LogP contribution in [0.1, 0.15) is 25.7 Å². The number of amides is 1. The molecule has 4 N–H and O–H groups in total. The number of hydrogen-bond donors (Lipinski definition) is 3. The summed E-state index contributed by atoms with van der Waals surface area (Å²) in [6.07, 6.45) is 3.73. The molecule has 1 amide bonds. The Morgan fingerprint density at radius 2 is 1.84 bits per heavy atom. The predicted octanol–water partition coefficient (Wildman–Crippen LogP) is 3.27. The monoisotopic (exact) mass is 600 g/mol. The Morgan fingerprint density at radius 1 is 1.07 bits per heavy atom. The van der Waals surface area contributed by atoms with Crippen molar-refractivity contribution >= 4 is 33.4 Å². The van der Waals surface area contributed by atoms with Crippen LogP contribution >= 0.6 is 0 Å². The number of halogens is 1. The van der Waals surface area contributed by atoms with E-state index in [0.717, 1.165) is 43.0 Å². The minimum Gasteiger partial charge on any atom is -0.508 e. The Bertz CT molecular complexity index is 1720. The van der Waals surface area contributed by atoms with Gasteiger partial charge in [-0.2, -0.15) is 9.97 Å². The third-order valence-corrected chi connectivity index (χ3v) is 9.53. The molecule has 3 aliphatic rings. The van der Waals surface area contributed by atoms with Gasteiger partial charge in [-0.1, -0.05) is 30.3 Å². The molecule has 2 bridgehead atoms. The number of aliphatic hydroxyl groups excluding tert-OH is 1. The van der Waals surface area contributed by atoms with Crippen LogP contribution in [-0.4, -0.2) is 100.0 Å². The number of carbonyl (C=O) groups is 1. The van der Waals surface area contributed by atoms with Crippen molar-refractivity contribution in [1.29, 1.82) is 0 Å². The number of carbonyl (C=O) groups excluding carboxylic acids is 1. The summed E-state index contributed by atoms with van der Waals surface area (Å²) in [6, 6.07) is 13.6. The Kier molecular flexibility index (Phi) is 7.47. The number of piperazine rings is 1. The van der Waals surface area contributed by atoms with Crippen LogP contribution in [0.4, 0.5) is 10.2 Å². The number of likely N-dealkylation sites (tertiary alicyclic amines) is 1. The van der Waals surface area contributed by atoms with Gasteiger partial charge in [-0.3, -0.25) is 4.79 Å². The maximum absolute atomic E-state index is 16.7. The Labute approximate surface area is 254 Å². The highest BCUT2D eigenvalue weighted by Gasteiger charge is 2.44. The van der Waals surface area contributed by atoms with Gasteiger partial charge in [0.2, 0.25) is 5.91 Å². The van der Waals surface area contributed by atoms with Crippen molar-refractivity contribution in [1.82, 2.24) is 19.8 Å². The summed E-state index contributed by atoms with van der Waals surface area (Å²) in [4.78, 5) is 28.6. The molecular formula is C33H37FN6O4. The first-order chi connectivity index (χ1) is 21.3. The first-order valence-corrected chi connectivity index (χ1v) is 15.3. The van der Waals surface area contributed by atoms with Crippen LogP contribution in [0.5, 0.6) is 11.8 Å². The second-order valence-corrected chi connectivity index (χ2v) is 12.3. The van der Waals surface area contributed by atoms with Crippen molar-refractivity contribution in [2.45, 2.75) is 49.9 Å². The molecule has 3 saturated heterocycles. The van der Waals surface area contributed by atoms with E-state index < -0.39 is 18.5 Å². The third-order valence-electron chi connectivity index (χ3n) is 9.53. The average Bonchev–Trinajstić information content (AvgIpc) is 3.56. The van der Waals surface area contributed by atoms with E-state index in [-0.39, 0.29) is 41.3 Å². The fraction of sp³-hybridized carbons (Fsp3) is 0.424. The molecule has 7 rings (SSSR count). The molecule has 3 aromatic carbocycles. The fourth-order valence-electron chi connectivity index (χ4n) is 7.22. The van der Waals surface area contributed by atoms with Crippen molar-refractivity contribution in [2.75, 3.05) is 44.8 Å². The number of aromatic hydroxyl groups is 1. The molecule has 0 spiro atoms. The molecule has 4 aromatic rings. The van der Waals surface area contributed by atoms with Crippen LogP contribution < -0.4 is 15.4 Å². The second-order valence-electron chi connectivity index (χ2n) is 12.3. The third kappa shape index (κ3) is 4.98. The predicted molar refractivity (Wildman–Crippen MR) is 166 cm³/mol. The summed E-state index contributed by atoms with van der Waals surface area (Å²) in [7, 11) is 2.07. The van der Waals surface area contributed by atoms with Gasteiger partial charge in [-0.05, 0) is 73.8 Å². The quantitative estimate of drug-likeness (QED) is 0.293. The summed E-state index contributed by atoms with van der Waals surface area (Å²) in [5.74, 6) is -0.150. The molecule has 230 valence electrons. The van der Waals surface area contributed by atoms with Crippen LogP contribution in [0.15, 0.2) is 48.5 Å².